The molecule has 156 valence electrons. The van der Waals surface area contributed by atoms with Crippen LogP contribution in [-0.4, -0.2) is 46.4 Å². The number of aromatic nitrogens is 2. The van der Waals surface area contributed by atoms with Crippen molar-refractivity contribution < 1.29 is 9.59 Å². The average molecular weight is 405 g/mol. The fourth-order valence-corrected chi connectivity index (χ4v) is 4.12. The fraction of sp³-hybridized carbons (Fsp3) is 0.375. The van der Waals surface area contributed by atoms with Gasteiger partial charge in [-0.2, -0.15) is 0 Å². The van der Waals surface area contributed by atoms with Crippen LogP contribution in [0.1, 0.15) is 37.9 Å². The standard InChI is InChI=1S/C24H28N4O2/c1-3-4-14-27-16-18(15-22(27)29)24-25-20-12-8-9-13-21(20)28(24)17-23(30)26(2)19-10-6-5-7-11-19/h5-13,18H,3-4,14-17H2,1-2H3/t18-/m0/s1. The van der Waals surface area contributed by atoms with E-state index >= 15 is 0 Å². The molecular formula is C24H28N4O2. The van der Waals surface area contributed by atoms with Gasteiger partial charge in [0.2, 0.25) is 11.8 Å². The molecule has 2 amide bonds. The zero-order chi connectivity index (χ0) is 21.1. The maximum Gasteiger partial charge on any atom is 0.246 e. The van der Waals surface area contributed by atoms with Crippen LogP contribution in [0, 0.1) is 0 Å². The lowest BCUT2D eigenvalue weighted by atomic mass is 10.1. The van der Waals surface area contributed by atoms with Gasteiger partial charge in [0.1, 0.15) is 12.4 Å². The Kier molecular flexibility index (Phi) is 5.84. The second-order valence-corrected chi connectivity index (χ2v) is 7.93. The number of amides is 2. The molecule has 30 heavy (non-hydrogen) atoms. The van der Waals surface area contributed by atoms with Crippen LogP contribution in [-0.2, 0) is 16.1 Å². The van der Waals surface area contributed by atoms with Crippen LogP contribution in [0.5, 0.6) is 0 Å². The number of imidazole rings is 1. The number of hydrogen-bond acceptors (Lipinski definition) is 3. The van der Waals surface area contributed by atoms with Crippen molar-refractivity contribution in [2.75, 3.05) is 25.0 Å². The predicted octanol–water partition coefficient (Wildman–Crippen LogP) is 3.82. The molecule has 0 saturated carbocycles. The van der Waals surface area contributed by atoms with Crippen LogP contribution in [0.25, 0.3) is 11.0 Å². The Morgan fingerprint density at radius 2 is 1.87 bits per heavy atom. The van der Waals surface area contributed by atoms with Crippen molar-refractivity contribution in [1.82, 2.24) is 14.5 Å². The van der Waals surface area contributed by atoms with E-state index in [2.05, 4.69) is 6.92 Å². The van der Waals surface area contributed by atoms with Crippen LogP contribution in [0.15, 0.2) is 54.6 Å². The third kappa shape index (κ3) is 3.95. The number of anilines is 1. The van der Waals surface area contributed by atoms with E-state index in [-0.39, 0.29) is 24.3 Å². The van der Waals surface area contributed by atoms with Gasteiger partial charge in [0, 0.05) is 38.2 Å². The summed E-state index contributed by atoms with van der Waals surface area (Å²) >= 11 is 0. The zero-order valence-electron chi connectivity index (χ0n) is 17.6. The number of nitrogens with zero attached hydrogens (tertiary/aromatic N) is 4. The molecule has 1 aliphatic heterocycles. The van der Waals surface area contributed by atoms with Gasteiger partial charge < -0.3 is 14.4 Å². The number of fused-ring (bicyclic) bond motifs is 1. The second-order valence-electron chi connectivity index (χ2n) is 7.93. The number of carbonyl (C=O) groups is 2. The Bertz CT molecular complexity index is 1040. The van der Waals surface area contributed by atoms with Crippen molar-refractivity contribution in [2.45, 2.75) is 38.6 Å². The van der Waals surface area contributed by atoms with E-state index in [1.165, 1.54) is 0 Å². The molecule has 6 heteroatoms. The lowest BCUT2D eigenvalue weighted by Crippen LogP contribution is -2.31. The van der Waals surface area contributed by atoms with Gasteiger partial charge in [-0.1, -0.05) is 43.7 Å². The summed E-state index contributed by atoms with van der Waals surface area (Å²) in [6.45, 7) is 3.79. The summed E-state index contributed by atoms with van der Waals surface area (Å²) in [5.41, 5.74) is 2.65. The van der Waals surface area contributed by atoms with Crippen LogP contribution >= 0.6 is 0 Å². The number of carbonyl (C=O) groups excluding carboxylic acids is 2. The van der Waals surface area contributed by atoms with E-state index in [0.717, 1.165) is 41.9 Å². The maximum atomic E-state index is 13.1. The summed E-state index contributed by atoms with van der Waals surface area (Å²) in [5, 5.41) is 0. The maximum absolute atomic E-state index is 13.1. The molecule has 0 radical (unpaired) electrons. The monoisotopic (exact) mass is 404 g/mol. The lowest BCUT2D eigenvalue weighted by molar-refractivity contribution is -0.127. The summed E-state index contributed by atoms with van der Waals surface area (Å²) in [7, 11) is 1.79. The van der Waals surface area contributed by atoms with E-state index in [9.17, 15) is 9.59 Å². The number of rotatable bonds is 7. The molecule has 0 unspecified atom stereocenters. The minimum Gasteiger partial charge on any atom is -0.342 e. The van der Waals surface area contributed by atoms with E-state index < -0.39 is 0 Å². The Balaban J connectivity index is 1.63. The number of benzene rings is 2. The zero-order valence-corrected chi connectivity index (χ0v) is 17.6. The van der Waals surface area contributed by atoms with Crippen molar-refractivity contribution >= 4 is 28.5 Å². The molecule has 2 heterocycles. The van der Waals surface area contributed by atoms with E-state index in [1.54, 1.807) is 11.9 Å². The van der Waals surface area contributed by atoms with Crippen LogP contribution in [0.2, 0.25) is 0 Å². The van der Waals surface area contributed by atoms with E-state index in [4.69, 9.17) is 4.98 Å². The molecular weight excluding hydrogens is 376 g/mol. The highest BCUT2D eigenvalue weighted by Gasteiger charge is 2.34. The minimum absolute atomic E-state index is 0.0107. The van der Waals surface area contributed by atoms with Gasteiger partial charge in [-0.25, -0.2) is 4.98 Å². The highest BCUT2D eigenvalue weighted by atomic mass is 16.2. The largest absolute Gasteiger partial charge is 0.342 e. The average Bonchev–Trinajstić information content (AvgIpc) is 3.32. The van der Waals surface area contributed by atoms with Gasteiger partial charge >= 0.3 is 0 Å². The number of likely N-dealkylation sites (tertiary alicyclic amines) is 1. The van der Waals surface area contributed by atoms with Crippen molar-refractivity contribution in [2.24, 2.45) is 0 Å². The number of para-hydroxylation sites is 3. The molecule has 0 aliphatic carbocycles. The molecule has 6 nitrogen and oxygen atoms in total. The van der Waals surface area contributed by atoms with Gasteiger partial charge in [-0.15, -0.1) is 0 Å². The topological polar surface area (TPSA) is 58.4 Å². The van der Waals surface area contributed by atoms with Gasteiger partial charge in [0.25, 0.3) is 0 Å². The highest BCUT2D eigenvalue weighted by Crippen LogP contribution is 2.30. The molecule has 3 aromatic rings. The third-order valence-corrected chi connectivity index (χ3v) is 5.86. The normalized spacial score (nSPS) is 16.4. The molecule has 1 saturated heterocycles. The minimum atomic E-state index is -0.0160. The fourth-order valence-electron chi connectivity index (χ4n) is 4.12. The van der Waals surface area contributed by atoms with Crippen LogP contribution < -0.4 is 4.90 Å². The smallest absolute Gasteiger partial charge is 0.246 e. The van der Waals surface area contributed by atoms with E-state index in [0.29, 0.717) is 13.0 Å². The molecule has 2 aromatic carbocycles. The molecule has 0 bridgehead atoms. The number of unbranched alkanes of at least 4 members (excludes halogenated alkanes) is 1. The molecule has 1 atom stereocenters. The Labute approximate surface area is 177 Å². The summed E-state index contributed by atoms with van der Waals surface area (Å²) < 4.78 is 2.00. The van der Waals surface area contributed by atoms with E-state index in [1.807, 2.05) is 64.1 Å². The second kappa shape index (κ2) is 8.69. The summed E-state index contributed by atoms with van der Waals surface area (Å²) in [5.74, 6) is 1.01. The third-order valence-electron chi connectivity index (χ3n) is 5.86. The first-order chi connectivity index (χ1) is 14.6. The van der Waals surface area contributed by atoms with Crippen LogP contribution in [0.4, 0.5) is 5.69 Å². The molecule has 0 N–H and O–H groups in total. The molecule has 1 aliphatic rings. The van der Waals surface area contributed by atoms with Crippen molar-refractivity contribution in [3.8, 4) is 0 Å². The van der Waals surface area contributed by atoms with Crippen LogP contribution in [0.3, 0.4) is 0 Å². The van der Waals surface area contributed by atoms with Crippen molar-refractivity contribution in [3.63, 3.8) is 0 Å². The van der Waals surface area contributed by atoms with Crippen molar-refractivity contribution in [1.29, 1.82) is 0 Å². The lowest BCUT2D eigenvalue weighted by Gasteiger charge is -2.20. The first-order valence-electron chi connectivity index (χ1n) is 10.6. The Morgan fingerprint density at radius 3 is 2.63 bits per heavy atom. The number of hydrogen-bond donors (Lipinski definition) is 0. The Morgan fingerprint density at radius 1 is 1.13 bits per heavy atom. The summed E-state index contributed by atoms with van der Waals surface area (Å²) in [4.78, 5) is 34.1. The summed E-state index contributed by atoms with van der Waals surface area (Å²) in [6.07, 6.45) is 2.53. The number of likely N-dealkylation sites (N-methyl/N-ethyl adjacent to an activating group) is 1. The van der Waals surface area contributed by atoms with Gasteiger partial charge in [0.05, 0.1) is 11.0 Å². The predicted molar refractivity (Wildman–Crippen MR) is 118 cm³/mol. The highest BCUT2D eigenvalue weighted by molar-refractivity contribution is 5.93. The van der Waals surface area contributed by atoms with Gasteiger partial charge in [0.15, 0.2) is 0 Å². The SMILES string of the molecule is CCCCN1C[C@@H](c2nc3ccccc3n2CC(=O)N(C)c2ccccc2)CC1=O. The first-order valence-corrected chi connectivity index (χ1v) is 10.6. The quantitative estimate of drug-likeness (QED) is 0.602. The summed E-state index contributed by atoms with van der Waals surface area (Å²) in [6, 6.07) is 17.5. The van der Waals surface area contributed by atoms with Gasteiger partial charge in [-0.05, 0) is 30.7 Å². The molecule has 0 spiro atoms. The molecule has 4 rings (SSSR count). The van der Waals surface area contributed by atoms with Crippen molar-refractivity contribution in [3.05, 3.63) is 60.4 Å². The molecule has 1 fully saturated rings. The Hall–Kier alpha value is -3.15. The molecule has 1 aromatic heterocycles. The first kappa shape index (κ1) is 20.1. The van der Waals surface area contributed by atoms with Gasteiger partial charge in [-0.3, -0.25) is 9.59 Å².